The maximum Gasteiger partial charge on any atom is 0.184 e. The average Bonchev–Trinajstić information content (AvgIpc) is 2.43. The van der Waals surface area contributed by atoms with Gasteiger partial charge < -0.3 is 10.5 Å². The zero-order chi connectivity index (χ0) is 15.6. The third-order valence-corrected chi connectivity index (χ3v) is 5.40. The normalized spacial score (nSPS) is 11.4. The molecular weight excluding hydrogens is 361 g/mol. The van der Waals surface area contributed by atoms with Crippen LogP contribution in [0.2, 0.25) is 0 Å². The Morgan fingerprint density at radius 1 is 1.24 bits per heavy atom. The van der Waals surface area contributed by atoms with E-state index in [1.165, 1.54) is 13.2 Å². The smallest absolute Gasteiger partial charge is 0.184 e. The van der Waals surface area contributed by atoms with Gasteiger partial charge in [0.25, 0.3) is 0 Å². The van der Waals surface area contributed by atoms with Crippen LogP contribution in [0.25, 0.3) is 0 Å². The second kappa shape index (κ2) is 6.03. The lowest BCUT2D eigenvalue weighted by atomic mass is 10.2. The van der Waals surface area contributed by atoms with E-state index in [1.807, 2.05) is 0 Å². The molecule has 0 saturated carbocycles. The van der Waals surface area contributed by atoms with Crippen LogP contribution in [0.3, 0.4) is 0 Å². The summed E-state index contributed by atoms with van der Waals surface area (Å²) in [4.78, 5) is -0.211. The van der Waals surface area contributed by atoms with Crippen molar-refractivity contribution in [3.8, 4) is 5.75 Å². The molecule has 0 amide bonds. The minimum atomic E-state index is -3.76. The summed E-state index contributed by atoms with van der Waals surface area (Å²) < 4.78 is 43.8. The molecule has 0 unspecified atom stereocenters. The number of hydrogen-bond donors (Lipinski definition) is 1. The van der Waals surface area contributed by atoms with Crippen molar-refractivity contribution in [2.75, 3.05) is 12.8 Å². The van der Waals surface area contributed by atoms with Gasteiger partial charge in [0.1, 0.15) is 11.6 Å². The molecule has 2 N–H and O–H groups in total. The predicted molar refractivity (Wildman–Crippen MR) is 82.4 cm³/mol. The number of methoxy groups -OCH3 is 1. The molecule has 0 fully saturated rings. The van der Waals surface area contributed by atoms with Gasteiger partial charge in [0.15, 0.2) is 9.84 Å². The highest BCUT2D eigenvalue weighted by Crippen LogP contribution is 2.28. The predicted octanol–water partition coefficient (Wildman–Crippen LogP) is 3.15. The molecule has 0 atom stereocenters. The highest BCUT2D eigenvalue weighted by Gasteiger charge is 2.21. The Bertz CT molecular complexity index is 778. The molecule has 4 nitrogen and oxygen atoms in total. The molecule has 0 aliphatic carbocycles. The van der Waals surface area contributed by atoms with Gasteiger partial charge in [-0.15, -0.1) is 0 Å². The van der Waals surface area contributed by atoms with Gasteiger partial charge in [-0.3, -0.25) is 0 Å². The number of halogens is 2. The number of sulfone groups is 1. The SMILES string of the molecule is COc1ccc(Br)c(CS(=O)(=O)c2cc(F)ccc2N)c1. The number of hydrogen-bond acceptors (Lipinski definition) is 4. The van der Waals surface area contributed by atoms with Crippen molar-refractivity contribution in [3.63, 3.8) is 0 Å². The first-order valence-corrected chi connectivity index (χ1v) is 8.38. The van der Waals surface area contributed by atoms with Gasteiger partial charge >= 0.3 is 0 Å². The number of rotatable bonds is 4. The fourth-order valence-electron chi connectivity index (χ4n) is 1.85. The molecule has 0 bridgehead atoms. The summed E-state index contributed by atoms with van der Waals surface area (Å²) in [5.41, 5.74) is 6.18. The average molecular weight is 374 g/mol. The standard InChI is InChI=1S/C14H13BrFNO3S/c1-20-11-3-4-12(15)9(6-11)8-21(18,19)14-7-10(16)2-5-13(14)17/h2-7H,8,17H2,1H3. The summed E-state index contributed by atoms with van der Waals surface area (Å²) in [5.74, 6) is -0.415. The van der Waals surface area contributed by atoms with Crippen LogP contribution in [0.4, 0.5) is 10.1 Å². The van der Waals surface area contributed by atoms with Crippen LogP contribution in [0, 0.1) is 5.82 Å². The van der Waals surface area contributed by atoms with Crippen molar-refractivity contribution in [2.45, 2.75) is 10.6 Å². The zero-order valence-corrected chi connectivity index (χ0v) is 13.5. The quantitative estimate of drug-likeness (QED) is 0.835. The fraction of sp³-hybridized carbons (Fsp3) is 0.143. The lowest BCUT2D eigenvalue weighted by Crippen LogP contribution is -2.09. The van der Waals surface area contributed by atoms with Crippen molar-refractivity contribution in [1.29, 1.82) is 0 Å². The van der Waals surface area contributed by atoms with Gasteiger partial charge in [-0.05, 0) is 42.0 Å². The van der Waals surface area contributed by atoms with Crippen LogP contribution in [0.5, 0.6) is 5.75 Å². The number of nitrogens with two attached hydrogens (primary N) is 1. The molecule has 2 rings (SSSR count). The molecule has 0 spiro atoms. The van der Waals surface area contributed by atoms with Gasteiger partial charge in [0.2, 0.25) is 0 Å². The summed E-state index contributed by atoms with van der Waals surface area (Å²) >= 11 is 3.29. The number of ether oxygens (including phenoxy) is 1. The second-order valence-electron chi connectivity index (χ2n) is 4.40. The molecule has 2 aromatic rings. The highest BCUT2D eigenvalue weighted by molar-refractivity contribution is 9.10. The Balaban J connectivity index is 2.44. The van der Waals surface area contributed by atoms with E-state index in [-0.39, 0.29) is 16.3 Å². The summed E-state index contributed by atoms with van der Waals surface area (Å²) in [6, 6.07) is 8.30. The molecule has 0 aliphatic rings. The van der Waals surface area contributed by atoms with Gasteiger partial charge in [-0.1, -0.05) is 15.9 Å². The van der Waals surface area contributed by atoms with Crippen LogP contribution in [0.1, 0.15) is 5.56 Å². The topological polar surface area (TPSA) is 69.4 Å². The van der Waals surface area contributed by atoms with E-state index in [1.54, 1.807) is 18.2 Å². The molecule has 0 aliphatic heterocycles. The summed E-state index contributed by atoms with van der Waals surface area (Å²) in [7, 11) is -2.27. The van der Waals surface area contributed by atoms with Crippen molar-refractivity contribution < 1.29 is 17.5 Å². The van der Waals surface area contributed by atoms with Crippen molar-refractivity contribution in [1.82, 2.24) is 0 Å². The third-order valence-electron chi connectivity index (χ3n) is 2.91. The molecule has 21 heavy (non-hydrogen) atoms. The molecule has 0 radical (unpaired) electrons. The van der Waals surface area contributed by atoms with Gasteiger partial charge in [-0.2, -0.15) is 0 Å². The molecule has 7 heteroatoms. The van der Waals surface area contributed by atoms with Crippen LogP contribution in [0.15, 0.2) is 45.8 Å². The van der Waals surface area contributed by atoms with E-state index in [0.29, 0.717) is 15.8 Å². The maximum atomic E-state index is 13.3. The van der Waals surface area contributed by atoms with Crippen molar-refractivity contribution >= 4 is 31.5 Å². The Labute approximate surface area is 130 Å². The molecule has 0 heterocycles. The van der Waals surface area contributed by atoms with E-state index < -0.39 is 15.7 Å². The van der Waals surface area contributed by atoms with Crippen LogP contribution in [-0.2, 0) is 15.6 Å². The second-order valence-corrected chi connectivity index (χ2v) is 7.21. The first kappa shape index (κ1) is 15.8. The van der Waals surface area contributed by atoms with E-state index in [2.05, 4.69) is 15.9 Å². The monoisotopic (exact) mass is 373 g/mol. The first-order chi connectivity index (χ1) is 9.83. The molecule has 0 aromatic heterocycles. The van der Waals surface area contributed by atoms with Gasteiger partial charge in [0.05, 0.1) is 23.4 Å². The Hall–Kier alpha value is -1.60. The lowest BCUT2D eigenvalue weighted by Gasteiger charge is -2.10. The van der Waals surface area contributed by atoms with Crippen molar-refractivity contribution in [3.05, 3.63) is 52.3 Å². The first-order valence-electron chi connectivity index (χ1n) is 5.93. The minimum absolute atomic E-state index is 0.0235. The molecular formula is C14H13BrFNO3S. The Morgan fingerprint density at radius 2 is 1.95 bits per heavy atom. The lowest BCUT2D eigenvalue weighted by molar-refractivity contribution is 0.414. The number of nitrogen functional groups attached to an aromatic ring is 1. The Morgan fingerprint density at radius 3 is 2.62 bits per heavy atom. The molecule has 0 saturated heterocycles. The zero-order valence-electron chi connectivity index (χ0n) is 11.1. The largest absolute Gasteiger partial charge is 0.497 e. The van der Waals surface area contributed by atoms with Crippen LogP contribution >= 0.6 is 15.9 Å². The Kier molecular flexibility index (Phi) is 4.53. The van der Waals surface area contributed by atoms with E-state index in [9.17, 15) is 12.8 Å². The van der Waals surface area contributed by atoms with Crippen LogP contribution < -0.4 is 10.5 Å². The van der Waals surface area contributed by atoms with E-state index in [0.717, 1.165) is 12.1 Å². The van der Waals surface area contributed by atoms with E-state index >= 15 is 0 Å². The summed E-state index contributed by atoms with van der Waals surface area (Å²) in [5, 5.41) is 0. The molecule has 2 aromatic carbocycles. The maximum absolute atomic E-state index is 13.3. The van der Waals surface area contributed by atoms with Gasteiger partial charge in [-0.25, -0.2) is 12.8 Å². The summed E-state index contributed by atoms with van der Waals surface area (Å²) in [6.45, 7) is 0. The van der Waals surface area contributed by atoms with Crippen LogP contribution in [-0.4, -0.2) is 15.5 Å². The minimum Gasteiger partial charge on any atom is -0.497 e. The fourth-order valence-corrected chi connectivity index (χ4v) is 3.94. The molecule has 112 valence electrons. The number of anilines is 1. The van der Waals surface area contributed by atoms with E-state index in [4.69, 9.17) is 10.5 Å². The number of benzene rings is 2. The van der Waals surface area contributed by atoms with Crippen molar-refractivity contribution in [2.24, 2.45) is 0 Å². The summed E-state index contributed by atoms with van der Waals surface area (Å²) in [6.07, 6.45) is 0. The van der Waals surface area contributed by atoms with Gasteiger partial charge in [0, 0.05) is 4.47 Å². The highest BCUT2D eigenvalue weighted by atomic mass is 79.9. The third kappa shape index (κ3) is 3.54.